The van der Waals surface area contributed by atoms with Gasteiger partial charge in [0.25, 0.3) is 0 Å². The van der Waals surface area contributed by atoms with Crippen molar-refractivity contribution in [2.75, 3.05) is 5.32 Å². The van der Waals surface area contributed by atoms with Gasteiger partial charge in [0.05, 0.1) is 12.1 Å². The molecule has 0 saturated heterocycles. The standard InChI is InChI=1S/C21H26N6O3S/c1-10(2)31-21-23-19(22-13-8-12(13)11-6-4-3-5-7-11)16-20(24-21)27(26-25-16)14-9-15(28)18(30)17(14)29/h3-7,10,12-15,17-18,28-30H,8-9H2,1-2H3,(H,22,23,24). The number of thioether (sulfide) groups is 1. The molecule has 5 rings (SSSR count). The number of aliphatic hydroxyl groups is 3. The van der Waals surface area contributed by atoms with Crippen molar-refractivity contribution < 1.29 is 15.3 Å². The van der Waals surface area contributed by atoms with E-state index in [1.807, 2.05) is 18.2 Å². The normalized spacial score (nSPS) is 30.3. The van der Waals surface area contributed by atoms with Crippen LogP contribution < -0.4 is 5.32 Å². The highest BCUT2D eigenvalue weighted by Gasteiger charge is 2.43. The number of benzene rings is 1. The number of hydrogen-bond donors (Lipinski definition) is 4. The minimum Gasteiger partial charge on any atom is -0.390 e. The molecule has 2 aromatic heterocycles. The van der Waals surface area contributed by atoms with Crippen molar-refractivity contribution >= 4 is 28.7 Å². The summed E-state index contributed by atoms with van der Waals surface area (Å²) in [4.78, 5) is 9.35. The topological polar surface area (TPSA) is 129 Å². The maximum atomic E-state index is 10.4. The van der Waals surface area contributed by atoms with Crippen LogP contribution in [-0.2, 0) is 0 Å². The molecule has 2 heterocycles. The van der Waals surface area contributed by atoms with E-state index >= 15 is 0 Å². The van der Waals surface area contributed by atoms with Gasteiger partial charge in [0.2, 0.25) is 0 Å². The van der Waals surface area contributed by atoms with Crippen LogP contribution in [0.15, 0.2) is 35.5 Å². The molecule has 6 unspecified atom stereocenters. The third-order valence-electron chi connectivity index (χ3n) is 5.92. The van der Waals surface area contributed by atoms with Crippen LogP contribution in [-0.4, -0.2) is 69.9 Å². The summed E-state index contributed by atoms with van der Waals surface area (Å²) >= 11 is 1.54. The molecular weight excluding hydrogens is 416 g/mol. The van der Waals surface area contributed by atoms with Gasteiger partial charge in [0.15, 0.2) is 22.1 Å². The number of nitrogens with zero attached hydrogens (tertiary/aromatic N) is 5. The first-order valence-electron chi connectivity index (χ1n) is 10.6. The van der Waals surface area contributed by atoms with Crippen LogP contribution in [0.4, 0.5) is 5.82 Å². The summed E-state index contributed by atoms with van der Waals surface area (Å²) in [7, 11) is 0. The number of aliphatic hydroxyl groups excluding tert-OH is 3. The maximum Gasteiger partial charge on any atom is 0.191 e. The summed E-state index contributed by atoms with van der Waals surface area (Å²) in [5.41, 5.74) is 2.31. The van der Waals surface area contributed by atoms with E-state index in [4.69, 9.17) is 4.98 Å². The summed E-state index contributed by atoms with van der Waals surface area (Å²) in [5, 5.41) is 43.3. The fourth-order valence-corrected chi connectivity index (χ4v) is 4.93. The van der Waals surface area contributed by atoms with Crippen LogP contribution in [0.25, 0.3) is 11.2 Å². The van der Waals surface area contributed by atoms with Crippen molar-refractivity contribution in [1.29, 1.82) is 0 Å². The van der Waals surface area contributed by atoms with Gasteiger partial charge >= 0.3 is 0 Å². The van der Waals surface area contributed by atoms with Gasteiger partial charge in [-0.2, -0.15) is 0 Å². The van der Waals surface area contributed by atoms with Gasteiger partial charge in [0, 0.05) is 23.6 Å². The second-order valence-electron chi connectivity index (χ2n) is 8.58. The first kappa shape index (κ1) is 20.6. The fraction of sp³-hybridized carbons (Fsp3) is 0.524. The summed E-state index contributed by atoms with van der Waals surface area (Å²) < 4.78 is 1.51. The lowest BCUT2D eigenvalue weighted by Gasteiger charge is -2.16. The van der Waals surface area contributed by atoms with E-state index in [9.17, 15) is 15.3 Å². The van der Waals surface area contributed by atoms with E-state index in [2.05, 4.69) is 46.6 Å². The molecule has 0 radical (unpaired) electrons. The average Bonchev–Trinajstić information content (AvgIpc) is 3.31. The lowest BCUT2D eigenvalue weighted by atomic mass is 10.1. The minimum absolute atomic E-state index is 0.179. The summed E-state index contributed by atoms with van der Waals surface area (Å²) in [6.07, 6.45) is -2.18. The monoisotopic (exact) mass is 442 g/mol. The van der Waals surface area contributed by atoms with E-state index in [1.165, 1.54) is 22.0 Å². The number of anilines is 1. The average molecular weight is 443 g/mol. The summed E-state index contributed by atoms with van der Waals surface area (Å²) in [6, 6.07) is 10.0. The predicted molar refractivity (Wildman–Crippen MR) is 117 cm³/mol. The molecule has 4 N–H and O–H groups in total. The summed E-state index contributed by atoms with van der Waals surface area (Å²) in [5.74, 6) is 1.04. The second kappa shape index (κ2) is 8.01. The highest BCUT2D eigenvalue weighted by molar-refractivity contribution is 7.99. The van der Waals surface area contributed by atoms with E-state index in [-0.39, 0.29) is 17.7 Å². The molecule has 2 fully saturated rings. The van der Waals surface area contributed by atoms with E-state index in [1.54, 1.807) is 0 Å². The van der Waals surface area contributed by atoms with Crippen molar-refractivity contribution in [3.05, 3.63) is 35.9 Å². The molecule has 2 aliphatic rings. The molecule has 1 aromatic carbocycles. The number of nitrogens with one attached hydrogen (secondary N) is 1. The van der Waals surface area contributed by atoms with Crippen LogP contribution in [0.3, 0.4) is 0 Å². The van der Waals surface area contributed by atoms with Gasteiger partial charge < -0.3 is 20.6 Å². The first-order valence-corrected chi connectivity index (χ1v) is 11.5. The third kappa shape index (κ3) is 3.89. The molecular formula is C21H26N6O3S. The molecule has 3 aromatic rings. The Kier molecular flexibility index (Phi) is 5.33. The molecule has 2 aliphatic carbocycles. The SMILES string of the molecule is CC(C)Sc1nc(NC2CC2c2ccccc2)c2nnn(C3CC(O)C(O)C3O)c2n1. The molecule has 164 valence electrons. The zero-order chi connectivity index (χ0) is 21.7. The Labute approximate surface area is 183 Å². The number of hydrogen-bond acceptors (Lipinski definition) is 9. The van der Waals surface area contributed by atoms with Crippen LogP contribution in [0.2, 0.25) is 0 Å². The van der Waals surface area contributed by atoms with Crippen molar-refractivity contribution in [3.8, 4) is 0 Å². The lowest BCUT2D eigenvalue weighted by Crippen LogP contribution is -2.31. The van der Waals surface area contributed by atoms with E-state index in [0.717, 1.165) is 6.42 Å². The Hall–Kier alpha value is -2.27. The van der Waals surface area contributed by atoms with Crippen molar-refractivity contribution in [1.82, 2.24) is 25.0 Å². The van der Waals surface area contributed by atoms with Crippen LogP contribution >= 0.6 is 11.8 Å². The zero-order valence-corrected chi connectivity index (χ0v) is 18.1. The predicted octanol–water partition coefficient (Wildman–Crippen LogP) is 1.72. The van der Waals surface area contributed by atoms with Gasteiger partial charge in [-0.1, -0.05) is 61.2 Å². The molecule has 0 aliphatic heterocycles. The van der Waals surface area contributed by atoms with Crippen molar-refractivity contribution in [2.45, 2.75) is 73.4 Å². The van der Waals surface area contributed by atoms with Crippen molar-refractivity contribution in [3.63, 3.8) is 0 Å². The molecule has 0 bridgehead atoms. The zero-order valence-electron chi connectivity index (χ0n) is 17.3. The third-order valence-corrected chi connectivity index (χ3v) is 6.78. The van der Waals surface area contributed by atoms with Gasteiger partial charge in [-0.3, -0.25) is 0 Å². The van der Waals surface area contributed by atoms with Gasteiger partial charge in [-0.15, -0.1) is 5.10 Å². The van der Waals surface area contributed by atoms with Gasteiger partial charge in [0.1, 0.15) is 12.2 Å². The number of fused-ring (bicyclic) bond motifs is 1. The number of aromatic nitrogens is 5. The highest BCUT2D eigenvalue weighted by Crippen LogP contribution is 2.43. The van der Waals surface area contributed by atoms with E-state index in [0.29, 0.717) is 28.1 Å². The Morgan fingerprint density at radius 3 is 2.52 bits per heavy atom. The minimum atomic E-state index is -1.22. The largest absolute Gasteiger partial charge is 0.390 e. The number of rotatable bonds is 6. The van der Waals surface area contributed by atoms with Gasteiger partial charge in [-0.25, -0.2) is 14.6 Å². The molecule has 0 amide bonds. The van der Waals surface area contributed by atoms with Gasteiger partial charge in [-0.05, 0) is 12.0 Å². The molecule has 0 spiro atoms. The molecule has 9 nitrogen and oxygen atoms in total. The van der Waals surface area contributed by atoms with E-state index < -0.39 is 24.4 Å². The smallest absolute Gasteiger partial charge is 0.191 e. The van der Waals surface area contributed by atoms with Crippen LogP contribution in [0.1, 0.15) is 44.2 Å². The quantitative estimate of drug-likeness (QED) is 0.333. The molecule has 10 heteroatoms. The maximum absolute atomic E-state index is 10.4. The van der Waals surface area contributed by atoms with Crippen molar-refractivity contribution in [2.24, 2.45) is 0 Å². The second-order valence-corrected chi connectivity index (χ2v) is 10.1. The molecule has 6 atom stereocenters. The highest BCUT2D eigenvalue weighted by atomic mass is 32.2. The molecule has 31 heavy (non-hydrogen) atoms. The Morgan fingerprint density at radius 1 is 1.06 bits per heavy atom. The fourth-order valence-electron chi connectivity index (χ4n) is 4.22. The lowest BCUT2D eigenvalue weighted by molar-refractivity contribution is -0.0253. The Balaban J connectivity index is 1.48. The Morgan fingerprint density at radius 2 is 1.84 bits per heavy atom. The summed E-state index contributed by atoms with van der Waals surface area (Å²) in [6.45, 7) is 4.14. The first-order chi connectivity index (χ1) is 14.9. The van der Waals surface area contributed by atoms with Crippen LogP contribution in [0, 0.1) is 0 Å². The Bertz CT molecular complexity index is 1080. The molecule has 2 saturated carbocycles. The van der Waals surface area contributed by atoms with Crippen LogP contribution in [0.5, 0.6) is 0 Å².